The number of allylic oxidation sites excluding steroid dienone is 1. The standard InChI is InChI=1S/C31H27N3O6S/c1-19-27(30(37)39-3)28(21-9-5-4-6-10-21)34-29(36)25(41-31(34)32-19)17-20-13-15-22(16-14-20)40-18-26(35)33-23-11-7-8-12-24(23)38-2/h4-17,28H,18H2,1-3H3,(H,33,35). The predicted octanol–water partition coefficient (Wildman–Crippen LogP) is 3.43. The van der Waals surface area contributed by atoms with E-state index in [0.717, 1.165) is 11.1 Å². The van der Waals surface area contributed by atoms with Crippen molar-refractivity contribution in [1.29, 1.82) is 0 Å². The van der Waals surface area contributed by atoms with Crippen LogP contribution in [0, 0.1) is 0 Å². The van der Waals surface area contributed by atoms with Crippen LogP contribution in [0.3, 0.4) is 0 Å². The predicted molar refractivity (Wildman–Crippen MR) is 156 cm³/mol. The molecule has 0 radical (unpaired) electrons. The van der Waals surface area contributed by atoms with Gasteiger partial charge >= 0.3 is 5.97 Å². The second kappa shape index (κ2) is 12.1. The Hall–Kier alpha value is -4.96. The Labute approximate surface area is 239 Å². The molecule has 2 heterocycles. The van der Waals surface area contributed by atoms with E-state index in [-0.39, 0.29) is 18.1 Å². The van der Waals surface area contributed by atoms with E-state index in [1.807, 2.05) is 36.4 Å². The second-order valence-corrected chi connectivity index (χ2v) is 10.1. The number of carbonyl (C=O) groups excluding carboxylic acids is 2. The lowest BCUT2D eigenvalue weighted by molar-refractivity contribution is -0.136. The number of esters is 1. The topological polar surface area (TPSA) is 108 Å². The molecule has 0 spiro atoms. The highest BCUT2D eigenvalue weighted by molar-refractivity contribution is 7.07. The number of carbonyl (C=O) groups is 2. The first-order valence-electron chi connectivity index (χ1n) is 12.7. The van der Waals surface area contributed by atoms with Gasteiger partial charge in [0.15, 0.2) is 11.4 Å². The number of amides is 1. The molecule has 0 bridgehead atoms. The SMILES string of the molecule is COC(=O)C1=C(C)N=c2sc(=Cc3ccc(OCC(=O)Nc4ccccc4OC)cc3)c(=O)n2C1c1ccccc1. The largest absolute Gasteiger partial charge is 0.495 e. The maximum atomic E-state index is 13.6. The van der Waals surface area contributed by atoms with Gasteiger partial charge in [0.2, 0.25) is 0 Å². The van der Waals surface area contributed by atoms with Crippen molar-refractivity contribution in [1.82, 2.24) is 4.57 Å². The number of aromatic nitrogens is 1. The summed E-state index contributed by atoms with van der Waals surface area (Å²) in [6, 6.07) is 22.9. The first-order chi connectivity index (χ1) is 19.9. The molecule has 1 aromatic heterocycles. The highest BCUT2D eigenvalue weighted by atomic mass is 32.1. The molecular weight excluding hydrogens is 542 g/mol. The normalized spacial score (nSPS) is 14.6. The van der Waals surface area contributed by atoms with Crippen LogP contribution >= 0.6 is 11.3 Å². The van der Waals surface area contributed by atoms with Gasteiger partial charge in [-0.3, -0.25) is 14.2 Å². The molecule has 4 aromatic rings. The van der Waals surface area contributed by atoms with Gasteiger partial charge in [-0.1, -0.05) is 65.9 Å². The molecule has 0 saturated carbocycles. The molecule has 1 unspecified atom stereocenters. The summed E-state index contributed by atoms with van der Waals surface area (Å²) in [5, 5.41) is 2.77. The third-order valence-corrected chi connectivity index (χ3v) is 7.45. The van der Waals surface area contributed by atoms with Crippen molar-refractivity contribution in [3.8, 4) is 11.5 Å². The molecule has 0 saturated heterocycles. The number of para-hydroxylation sites is 2. The molecule has 1 aliphatic rings. The summed E-state index contributed by atoms with van der Waals surface area (Å²) < 4.78 is 17.9. The first-order valence-corrected chi connectivity index (χ1v) is 13.5. The highest BCUT2D eigenvalue weighted by Crippen LogP contribution is 2.30. The zero-order valence-electron chi connectivity index (χ0n) is 22.6. The van der Waals surface area contributed by atoms with Gasteiger partial charge in [-0.05, 0) is 48.4 Å². The van der Waals surface area contributed by atoms with Crippen LogP contribution in [0.4, 0.5) is 5.69 Å². The molecule has 0 aliphatic carbocycles. The Bertz CT molecular complexity index is 1810. The van der Waals surface area contributed by atoms with E-state index in [1.165, 1.54) is 25.6 Å². The Morgan fingerprint density at radius 2 is 1.71 bits per heavy atom. The van der Waals surface area contributed by atoms with Crippen LogP contribution in [-0.2, 0) is 14.3 Å². The van der Waals surface area contributed by atoms with Gasteiger partial charge in [0.05, 0.1) is 41.8 Å². The molecule has 41 heavy (non-hydrogen) atoms. The van der Waals surface area contributed by atoms with Crippen LogP contribution in [0.1, 0.15) is 24.1 Å². The zero-order valence-corrected chi connectivity index (χ0v) is 23.4. The van der Waals surface area contributed by atoms with E-state index in [4.69, 9.17) is 14.2 Å². The van der Waals surface area contributed by atoms with Gasteiger partial charge in [0.1, 0.15) is 11.5 Å². The van der Waals surface area contributed by atoms with E-state index in [9.17, 15) is 14.4 Å². The monoisotopic (exact) mass is 569 g/mol. The lowest BCUT2D eigenvalue weighted by atomic mass is 9.96. The quantitative estimate of drug-likeness (QED) is 0.326. The lowest BCUT2D eigenvalue weighted by Crippen LogP contribution is -2.39. The van der Waals surface area contributed by atoms with Crippen molar-refractivity contribution in [2.24, 2.45) is 4.99 Å². The zero-order chi connectivity index (χ0) is 28.9. The molecule has 208 valence electrons. The average molecular weight is 570 g/mol. The minimum Gasteiger partial charge on any atom is -0.495 e. The molecule has 1 atom stereocenters. The van der Waals surface area contributed by atoms with Crippen LogP contribution in [0.2, 0.25) is 0 Å². The van der Waals surface area contributed by atoms with E-state index >= 15 is 0 Å². The highest BCUT2D eigenvalue weighted by Gasteiger charge is 2.32. The summed E-state index contributed by atoms with van der Waals surface area (Å²) in [5.74, 6) is 0.208. The van der Waals surface area contributed by atoms with Crippen LogP contribution < -0.4 is 29.7 Å². The molecular formula is C31H27N3O6S. The summed E-state index contributed by atoms with van der Waals surface area (Å²) in [6.07, 6.45) is 1.77. The summed E-state index contributed by atoms with van der Waals surface area (Å²) in [5.41, 5.74) is 2.68. The average Bonchev–Trinajstić information content (AvgIpc) is 3.30. The summed E-state index contributed by atoms with van der Waals surface area (Å²) in [6.45, 7) is 1.56. The van der Waals surface area contributed by atoms with Crippen LogP contribution in [-0.4, -0.2) is 37.3 Å². The Kier molecular flexibility index (Phi) is 8.11. The molecule has 0 fully saturated rings. The fourth-order valence-corrected chi connectivity index (χ4v) is 5.58. The maximum Gasteiger partial charge on any atom is 0.338 e. The van der Waals surface area contributed by atoms with Crippen molar-refractivity contribution >= 4 is 35.0 Å². The van der Waals surface area contributed by atoms with E-state index in [0.29, 0.717) is 37.8 Å². The molecule has 9 nitrogen and oxygen atoms in total. The lowest BCUT2D eigenvalue weighted by Gasteiger charge is -2.24. The smallest absolute Gasteiger partial charge is 0.338 e. The first kappa shape index (κ1) is 27.6. The fraction of sp³-hybridized carbons (Fsp3) is 0.161. The third kappa shape index (κ3) is 5.82. The Morgan fingerprint density at radius 1 is 1.00 bits per heavy atom. The van der Waals surface area contributed by atoms with Gasteiger partial charge in [-0.2, -0.15) is 0 Å². The third-order valence-electron chi connectivity index (χ3n) is 6.47. The van der Waals surface area contributed by atoms with Gasteiger partial charge < -0.3 is 19.5 Å². The van der Waals surface area contributed by atoms with Gasteiger partial charge in [0.25, 0.3) is 11.5 Å². The fourth-order valence-electron chi connectivity index (χ4n) is 4.54. The minimum atomic E-state index is -0.653. The number of thiazole rings is 1. The number of anilines is 1. The Morgan fingerprint density at radius 3 is 2.41 bits per heavy atom. The van der Waals surface area contributed by atoms with Crippen LogP contribution in [0.25, 0.3) is 6.08 Å². The van der Waals surface area contributed by atoms with E-state index in [1.54, 1.807) is 60.0 Å². The number of nitrogens with zero attached hydrogens (tertiary/aromatic N) is 2. The number of ether oxygens (including phenoxy) is 3. The molecule has 1 amide bonds. The van der Waals surface area contributed by atoms with Gasteiger partial charge in [-0.25, -0.2) is 9.79 Å². The number of hydrogen-bond donors (Lipinski definition) is 1. The van der Waals surface area contributed by atoms with Crippen molar-refractivity contribution < 1.29 is 23.8 Å². The molecule has 1 aliphatic heterocycles. The number of rotatable bonds is 8. The molecule has 10 heteroatoms. The van der Waals surface area contributed by atoms with Gasteiger partial charge in [-0.15, -0.1) is 0 Å². The van der Waals surface area contributed by atoms with Crippen molar-refractivity contribution in [3.63, 3.8) is 0 Å². The number of hydrogen-bond acceptors (Lipinski definition) is 8. The molecule has 3 aromatic carbocycles. The molecule has 5 rings (SSSR count). The number of nitrogens with one attached hydrogen (secondary N) is 1. The summed E-state index contributed by atoms with van der Waals surface area (Å²) in [4.78, 5) is 43.8. The number of fused-ring (bicyclic) bond motifs is 1. The Balaban J connectivity index is 1.38. The van der Waals surface area contributed by atoms with E-state index < -0.39 is 12.0 Å². The summed E-state index contributed by atoms with van der Waals surface area (Å²) in [7, 11) is 2.85. The number of methoxy groups -OCH3 is 2. The van der Waals surface area contributed by atoms with Crippen LogP contribution in [0.15, 0.2) is 99.9 Å². The minimum absolute atomic E-state index is 0.183. The van der Waals surface area contributed by atoms with Gasteiger partial charge in [0, 0.05) is 0 Å². The summed E-state index contributed by atoms with van der Waals surface area (Å²) >= 11 is 1.25. The second-order valence-electron chi connectivity index (χ2n) is 9.09. The number of benzene rings is 3. The van der Waals surface area contributed by atoms with Crippen molar-refractivity contribution in [2.45, 2.75) is 13.0 Å². The maximum absolute atomic E-state index is 13.6. The van der Waals surface area contributed by atoms with Crippen molar-refractivity contribution in [2.75, 3.05) is 26.1 Å². The van der Waals surface area contributed by atoms with E-state index in [2.05, 4.69) is 10.3 Å². The molecule has 1 N–H and O–H groups in total. The van der Waals surface area contributed by atoms with Crippen molar-refractivity contribution in [3.05, 3.63) is 121 Å². The van der Waals surface area contributed by atoms with Crippen LogP contribution in [0.5, 0.6) is 11.5 Å².